The molecule has 0 unspecified atom stereocenters. The highest BCUT2D eigenvalue weighted by Gasteiger charge is 2.16. The summed E-state index contributed by atoms with van der Waals surface area (Å²) in [5, 5.41) is 4.90. The molecular weight excluding hydrogens is 388 g/mol. The van der Waals surface area contributed by atoms with E-state index in [1.807, 2.05) is 36.1 Å². The fraction of sp³-hybridized carbons (Fsp3) is 0.250. The van der Waals surface area contributed by atoms with E-state index in [-0.39, 0.29) is 5.91 Å². The van der Waals surface area contributed by atoms with Crippen LogP contribution in [0.15, 0.2) is 67.7 Å². The summed E-state index contributed by atoms with van der Waals surface area (Å²) in [6.07, 6.45) is 17.7. The number of nitrogens with zero attached hydrogens (tertiary/aromatic N) is 5. The number of hydrogen-bond donors (Lipinski definition) is 1. The number of aromatic nitrogens is 5. The number of allylic oxidation sites excluding steroid dienone is 2. The van der Waals surface area contributed by atoms with Crippen LogP contribution in [-0.2, 0) is 7.05 Å². The Morgan fingerprint density at radius 1 is 1.03 bits per heavy atom. The smallest absolute Gasteiger partial charge is 0.276 e. The number of imidazole rings is 2. The van der Waals surface area contributed by atoms with E-state index in [1.165, 1.54) is 0 Å². The summed E-state index contributed by atoms with van der Waals surface area (Å²) in [4.78, 5) is 25.7. The van der Waals surface area contributed by atoms with Gasteiger partial charge in [0.2, 0.25) is 0 Å². The predicted octanol–water partition coefficient (Wildman–Crippen LogP) is 4.76. The maximum Gasteiger partial charge on any atom is 0.276 e. The molecular formula is C24H24N6O. The third-order valence-corrected chi connectivity index (χ3v) is 5.83. The number of carbonyl (C=O) groups excluding carboxylic acids is 1. The standard InChI is InChI=1S/C24H24N6O/c1-29-15-25-13-22(29)17-8-9-18-12-26-23(11-19(18)10-17)28-24(31)21-14-30(16-27-21)20-6-4-2-3-5-7-20/h2-3,8-16,20H,4-7H2,1H3,(H,26,28,31). The van der Waals surface area contributed by atoms with Crippen LogP contribution in [0.1, 0.15) is 42.2 Å². The molecule has 3 heterocycles. The molecule has 1 aliphatic rings. The minimum atomic E-state index is -0.250. The van der Waals surface area contributed by atoms with Crippen LogP contribution in [0.2, 0.25) is 0 Å². The third kappa shape index (κ3) is 3.99. The second-order valence-corrected chi connectivity index (χ2v) is 7.96. The molecule has 1 N–H and O–H groups in total. The van der Waals surface area contributed by atoms with E-state index in [4.69, 9.17) is 0 Å². The molecule has 0 atom stereocenters. The van der Waals surface area contributed by atoms with Crippen molar-refractivity contribution in [2.75, 3.05) is 5.32 Å². The van der Waals surface area contributed by atoms with Crippen molar-refractivity contribution in [3.05, 3.63) is 73.4 Å². The molecule has 0 saturated carbocycles. The van der Waals surface area contributed by atoms with Gasteiger partial charge in [-0.1, -0.05) is 24.3 Å². The van der Waals surface area contributed by atoms with Gasteiger partial charge in [0.05, 0.1) is 24.5 Å². The van der Waals surface area contributed by atoms with E-state index in [1.54, 1.807) is 18.9 Å². The van der Waals surface area contributed by atoms with Gasteiger partial charge in [-0.3, -0.25) is 4.79 Å². The van der Waals surface area contributed by atoms with Crippen molar-refractivity contribution in [3.63, 3.8) is 0 Å². The van der Waals surface area contributed by atoms with Gasteiger partial charge >= 0.3 is 0 Å². The quantitative estimate of drug-likeness (QED) is 0.491. The molecule has 5 rings (SSSR count). The van der Waals surface area contributed by atoms with Crippen LogP contribution in [0.5, 0.6) is 0 Å². The number of anilines is 1. The van der Waals surface area contributed by atoms with Gasteiger partial charge in [0, 0.05) is 36.4 Å². The van der Waals surface area contributed by atoms with Crippen LogP contribution in [0.25, 0.3) is 22.0 Å². The van der Waals surface area contributed by atoms with Crippen LogP contribution in [0, 0.1) is 0 Å². The zero-order valence-corrected chi connectivity index (χ0v) is 17.4. The molecule has 0 saturated heterocycles. The fourth-order valence-electron chi connectivity index (χ4n) is 4.09. The number of benzene rings is 1. The second kappa shape index (κ2) is 8.18. The van der Waals surface area contributed by atoms with Crippen LogP contribution in [0.3, 0.4) is 0 Å². The van der Waals surface area contributed by atoms with Crippen LogP contribution in [-0.4, -0.2) is 30.0 Å². The number of aryl methyl sites for hydroxylation is 1. The molecule has 1 amide bonds. The molecule has 7 heteroatoms. The first-order chi connectivity index (χ1) is 15.2. The minimum absolute atomic E-state index is 0.250. The van der Waals surface area contributed by atoms with Crippen LogP contribution < -0.4 is 5.32 Å². The van der Waals surface area contributed by atoms with Crippen molar-refractivity contribution in [2.24, 2.45) is 7.05 Å². The normalized spacial score (nSPS) is 14.6. The average Bonchev–Trinajstić information content (AvgIpc) is 3.35. The minimum Gasteiger partial charge on any atom is -0.334 e. The first-order valence-corrected chi connectivity index (χ1v) is 10.5. The van der Waals surface area contributed by atoms with Crippen molar-refractivity contribution in [3.8, 4) is 11.3 Å². The summed E-state index contributed by atoms with van der Waals surface area (Å²) in [5.74, 6) is 0.257. The monoisotopic (exact) mass is 412 g/mol. The fourth-order valence-corrected chi connectivity index (χ4v) is 4.09. The molecule has 0 radical (unpaired) electrons. The Balaban J connectivity index is 1.35. The molecule has 4 aromatic rings. The lowest BCUT2D eigenvalue weighted by Crippen LogP contribution is -2.13. The largest absolute Gasteiger partial charge is 0.334 e. The molecule has 31 heavy (non-hydrogen) atoms. The van der Waals surface area contributed by atoms with E-state index in [0.29, 0.717) is 17.6 Å². The maximum absolute atomic E-state index is 12.8. The first kappa shape index (κ1) is 19.2. The van der Waals surface area contributed by atoms with E-state index < -0.39 is 0 Å². The van der Waals surface area contributed by atoms with Gasteiger partial charge in [-0.05, 0) is 43.2 Å². The second-order valence-electron chi connectivity index (χ2n) is 7.96. The zero-order chi connectivity index (χ0) is 21.2. The first-order valence-electron chi connectivity index (χ1n) is 10.5. The molecule has 0 bridgehead atoms. The summed E-state index contributed by atoms with van der Waals surface area (Å²) in [5.41, 5.74) is 2.50. The summed E-state index contributed by atoms with van der Waals surface area (Å²) < 4.78 is 4.04. The highest BCUT2D eigenvalue weighted by Crippen LogP contribution is 2.26. The summed E-state index contributed by atoms with van der Waals surface area (Å²) in [7, 11) is 1.97. The molecule has 0 aliphatic heterocycles. The average molecular weight is 412 g/mol. The summed E-state index contributed by atoms with van der Waals surface area (Å²) in [6.45, 7) is 0. The summed E-state index contributed by atoms with van der Waals surface area (Å²) >= 11 is 0. The van der Waals surface area contributed by atoms with Crippen molar-refractivity contribution < 1.29 is 4.79 Å². The molecule has 0 spiro atoms. The third-order valence-electron chi connectivity index (χ3n) is 5.83. The van der Waals surface area contributed by atoms with Crippen molar-refractivity contribution >= 4 is 22.5 Å². The number of hydrogen-bond acceptors (Lipinski definition) is 4. The van der Waals surface area contributed by atoms with Gasteiger partial charge in [0.15, 0.2) is 0 Å². The topological polar surface area (TPSA) is 77.6 Å². The number of fused-ring (bicyclic) bond motifs is 1. The number of rotatable bonds is 4. The van der Waals surface area contributed by atoms with Crippen LogP contribution >= 0.6 is 0 Å². The lowest BCUT2D eigenvalue weighted by atomic mass is 10.1. The Labute approximate surface area is 180 Å². The number of pyridine rings is 1. The van der Waals surface area contributed by atoms with Gasteiger partial charge in [-0.25, -0.2) is 15.0 Å². The SMILES string of the molecule is Cn1cncc1-c1ccc2cnc(NC(=O)c3cn(C4CCC=CCC4)cn3)cc2c1. The van der Waals surface area contributed by atoms with E-state index >= 15 is 0 Å². The van der Waals surface area contributed by atoms with Gasteiger partial charge in [0.1, 0.15) is 11.5 Å². The molecule has 7 nitrogen and oxygen atoms in total. The molecule has 0 fully saturated rings. The lowest BCUT2D eigenvalue weighted by Gasteiger charge is -2.15. The number of nitrogens with one attached hydrogen (secondary N) is 1. The Kier molecular flexibility index (Phi) is 5.08. The molecule has 156 valence electrons. The zero-order valence-electron chi connectivity index (χ0n) is 17.4. The Hall–Kier alpha value is -3.74. The van der Waals surface area contributed by atoms with Gasteiger partial charge in [0.25, 0.3) is 5.91 Å². The molecule has 1 aliphatic carbocycles. The van der Waals surface area contributed by atoms with E-state index in [2.05, 4.69) is 49.1 Å². The number of carbonyl (C=O) groups is 1. The predicted molar refractivity (Wildman–Crippen MR) is 121 cm³/mol. The van der Waals surface area contributed by atoms with E-state index in [9.17, 15) is 4.79 Å². The molecule has 1 aromatic carbocycles. The van der Waals surface area contributed by atoms with Gasteiger partial charge in [-0.15, -0.1) is 0 Å². The molecule has 3 aromatic heterocycles. The highest BCUT2D eigenvalue weighted by molar-refractivity contribution is 6.03. The summed E-state index contributed by atoms with van der Waals surface area (Å²) in [6, 6.07) is 8.43. The van der Waals surface area contributed by atoms with Crippen molar-refractivity contribution in [1.82, 2.24) is 24.1 Å². The Morgan fingerprint density at radius 2 is 1.87 bits per heavy atom. The van der Waals surface area contributed by atoms with Crippen molar-refractivity contribution in [1.29, 1.82) is 0 Å². The Bertz CT molecular complexity index is 1260. The number of amides is 1. The highest BCUT2D eigenvalue weighted by atomic mass is 16.2. The van der Waals surface area contributed by atoms with E-state index in [0.717, 1.165) is 47.7 Å². The maximum atomic E-state index is 12.8. The van der Waals surface area contributed by atoms with Crippen LogP contribution in [0.4, 0.5) is 5.82 Å². The Morgan fingerprint density at radius 3 is 2.65 bits per heavy atom. The van der Waals surface area contributed by atoms with Gasteiger partial charge in [-0.2, -0.15) is 0 Å². The van der Waals surface area contributed by atoms with Gasteiger partial charge < -0.3 is 14.5 Å². The van der Waals surface area contributed by atoms with Crippen molar-refractivity contribution in [2.45, 2.75) is 31.7 Å². The lowest BCUT2D eigenvalue weighted by molar-refractivity contribution is 0.102.